The highest BCUT2D eigenvalue weighted by molar-refractivity contribution is 7.14. The first kappa shape index (κ1) is 22.4. The predicted molar refractivity (Wildman–Crippen MR) is 114 cm³/mol. The summed E-state index contributed by atoms with van der Waals surface area (Å²) in [6.45, 7) is 0.359. The van der Waals surface area contributed by atoms with Crippen molar-refractivity contribution >= 4 is 28.3 Å². The summed E-state index contributed by atoms with van der Waals surface area (Å²) in [5.74, 6) is -1.87. The van der Waals surface area contributed by atoms with Crippen LogP contribution in [0.1, 0.15) is 29.8 Å². The van der Waals surface area contributed by atoms with Crippen LogP contribution in [-0.4, -0.2) is 29.6 Å². The molecule has 31 heavy (non-hydrogen) atoms. The summed E-state index contributed by atoms with van der Waals surface area (Å²) in [5, 5.41) is 4.76. The molecule has 0 fully saturated rings. The van der Waals surface area contributed by atoms with Crippen LogP contribution in [0.25, 0.3) is 11.3 Å². The van der Waals surface area contributed by atoms with E-state index in [4.69, 9.17) is 4.74 Å². The van der Waals surface area contributed by atoms with Gasteiger partial charge in [-0.25, -0.2) is 9.78 Å². The largest absolute Gasteiger partial charge is 0.449 e. The molecule has 0 radical (unpaired) electrons. The lowest BCUT2D eigenvalue weighted by molar-refractivity contribution is -0.123. The number of hydrogen-bond donors (Lipinski definition) is 1. The minimum atomic E-state index is -3.09. The van der Waals surface area contributed by atoms with Crippen LogP contribution in [0.2, 0.25) is 0 Å². The number of para-hydroxylation sites is 1. The van der Waals surface area contributed by atoms with Crippen molar-refractivity contribution in [2.75, 3.05) is 5.32 Å². The molecule has 0 saturated carbocycles. The number of anilines is 1. The number of aryl methyl sites for hydroxylation is 1. The van der Waals surface area contributed by atoms with Crippen molar-refractivity contribution < 1.29 is 27.8 Å². The maximum Gasteiger partial charge on any atom is 0.387 e. The molecule has 0 aliphatic carbocycles. The third kappa shape index (κ3) is 5.85. The van der Waals surface area contributed by atoms with Crippen LogP contribution < -0.4 is 10.1 Å². The molecular formula is C22H20F2N2O4S. The Balaban J connectivity index is 1.62. The molecule has 3 rings (SSSR count). The average Bonchev–Trinajstić information content (AvgIpc) is 3.22. The molecule has 0 unspecified atom stereocenters. The lowest BCUT2D eigenvalue weighted by Crippen LogP contribution is -2.30. The number of benzene rings is 2. The first-order valence-electron chi connectivity index (χ1n) is 9.48. The SMILES string of the molecule is CCc1ccc(-c2csc(NC(=O)[C@H](C)OC(=O)c3ccccc3OC(F)F)n2)cc1. The smallest absolute Gasteiger partial charge is 0.387 e. The van der Waals surface area contributed by atoms with Gasteiger partial charge in [0.15, 0.2) is 11.2 Å². The topological polar surface area (TPSA) is 77.5 Å². The van der Waals surface area contributed by atoms with Crippen molar-refractivity contribution in [1.82, 2.24) is 4.98 Å². The molecule has 0 bridgehead atoms. The van der Waals surface area contributed by atoms with Gasteiger partial charge in [-0.1, -0.05) is 43.3 Å². The van der Waals surface area contributed by atoms with Crippen LogP contribution >= 0.6 is 11.3 Å². The van der Waals surface area contributed by atoms with Crippen LogP contribution in [-0.2, 0) is 16.0 Å². The molecule has 0 spiro atoms. The lowest BCUT2D eigenvalue weighted by atomic mass is 10.1. The molecule has 2 aromatic carbocycles. The number of alkyl halides is 2. The first-order chi connectivity index (χ1) is 14.9. The monoisotopic (exact) mass is 446 g/mol. The number of nitrogens with zero attached hydrogens (tertiary/aromatic N) is 1. The highest BCUT2D eigenvalue weighted by atomic mass is 32.1. The van der Waals surface area contributed by atoms with Crippen molar-refractivity contribution in [2.24, 2.45) is 0 Å². The molecule has 1 heterocycles. The molecule has 1 aromatic heterocycles. The third-order valence-electron chi connectivity index (χ3n) is 4.37. The molecule has 0 aliphatic heterocycles. The van der Waals surface area contributed by atoms with Gasteiger partial charge < -0.3 is 9.47 Å². The van der Waals surface area contributed by atoms with Gasteiger partial charge in [0, 0.05) is 10.9 Å². The Morgan fingerprint density at radius 1 is 1.13 bits per heavy atom. The normalized spacial score (nSPS) is 11.8. The Kier molecular flexibility index (Phi) is 7.30. The molecule has 1 amide bonds. The Morgan fingerprint density at radius 2 is 1.84 bits per heavy atom. The number of ether oxygens (including phenoxy) is 2. The predicted octanol–water partition coefficient (Wildman–Crippen LogP) is 5.16. The van der Waals surface area contributed by atoms with Crippen LogP contribution in [0.4, 0.5) is 13.9 Å². The summed E-state index contributed by atoms with van der Waals surface area (Å²) in [7, 11) is 0. The van der Waals surface area contributed by atoms with E-state index in [2.05, 4.69) is 22.0 Å². The second-order valence-corrected chi connectivity index (χ2v) is 7.36. The van der Waals surface area contributed by atoms with E-state index in [1.165, 1.54) is 48.1 Å². The summed E-state index contributed by atoms with van der Waals surface area (Å²) in [6, 6.07) is 13.4. The molecule has 1 N–H and O–H groups in total. The zero-order valence-corrected chi connectivity index (χ0v) is 17.6. The van der Waals surface area contributed by atoms with E-state index in [9.17, 15) is 18.4 Å². The number of thiazole rings is 1. The Hall–Kier alpha value is -3.33. The van der Waals surface area contributed by atoms with Crippen molar-refractivity contribution in [3.63, 3.8) is 0 Å². The molecule has 1 atom stereocenters. The molecular weight excluding hydrogens is 426 g/mol. The minimum Gasteiger partial charge on any atom is -0.449 e. The molecule has 0 saturated heterocycles. The number of halogens is 2. The van der Waals surface area contributed by atoms with Gasteiger partial charge >= 0.3 is 12.6 Å². The summed E-state index contributed by atoms with van der Waals surface area (Å²) in [6.07, 6.45) is -0.239. The summed E-state index contributed by atoms with van der Waals surface area (Å²) >= 11 is 1.24. The van der Waals surface area contributed by atoms with Gasteiger partial charge in [0.2, 0.25) is 0 Å². The number of amides is 1. The van der Waals surface area contributed by atoms with E-state index in [1.54, 1.807) is 0 Å². The lowest BCUT2D eigenvalue weighted by Gasteiger charge is -2.14. The Labute approximate surface area is 181 Å². The summed E-state index contributed by atoms with van der Waals surface area (Å²) in [4.78, 5) is 29.1. The highest BCUT2D eigenvalue weighted by Gasteiger charge is 2.23. The van der Waals surface area contributed by atoms with Gasteiger partial charge in [0.05, 0.1) is 5.69 Å². The summed E-state index contributed by atoms with van der Waals surface area (Å²) in [5.41, 5.74) is 2.65. The van der Waals surface area contributed by atoms with E-state index < -0.39 is 24.6 Å². The number of carbonyl (C=O) groups is 2. The van der Waals surface area contributed by atoms with Crippen molar-refractivity contribution in [1.29, 1.82) is 0 Å². The van der Waals surface area contributed by atoms with Gasteiger partial charge in [-0.3, -0.25) is 10.1 Å². The average molecular weight is 446 g/mol. The molecule has 0 aliphatic rings. The standard InChI is InChI=1S/C22H20F2N2O4S/c1-3-14-8-10-15(11-9-14)17-12-31-22(25-17)26-19(27)13(2)29-20(28)16-6-4-5-7-18(16)30-21(23)24/h4-13,21H,3H2,1-2H3,(H,25,26,27)/t13-/m0/s1. The van der Waals surface area contributed by atoms with Gasteiger partial charge in [-0.2, -0.15) is 8.78 Å². The van der Waals surface area contributed by atoms with E-state index in [0.717, 1.165) is 12.0 Å². The minimum absolute atomic E-state index is 0.200. The second-order valence-electron chi connectivity index (χ2n) is 6.50. The number of aromatic nitrogens is 1. The van der Waals surface area contributed by atoms with Crippen molar-refractivity contribution in [3.05, 3.63) is 65.0 Å². The maximum atomic E-state index is 12.5. The zero-order valence-electron chi connectivity index (χ0n) is 16.8. The number of hydrogen-bond acceptors (Lipinski definition) is 6. The fourth-order valence-electron chi connectivity index (χ4n) is 2.69. The zero-order chi connectivity index (χ0) is 22.4. The van der Waals surface area contributed by atoms with Crippen LogP contribution in [0.5, 0.6) is 5.75 Å². The fraction of sp³-hybridized carbons (Fsp3) is 0.227. The first-order valence-corrected chi connectivity index (χ1v) is 10.4. The van der Waals surface area contributed by atoms with Gasteiger partial charge in [0.25, 0.3) is 5.91 Å². The van der Waals surface area contributed by atoms with Gasteiger partial charge in [0.1, 0.15) is 11.3 Å². The van der Waals surface area contributed by atoms with E-state index >= 15 is 0 Å². The van der Waals surface area contributed by atoms with E-state index in [-0.39, 0.29) is 11.3 Å². The van der Waals surface area contributed by atoms with Gasteiger partial charge in [-0.05, 0) is 31.0 Å². The number of esters is 1. The number of nitrogens with one attached hydrogen (secondary N) is 1. The Bertz CT molecular complexity index is 1050. The van der Waals surface area contributed by atoms with Crippen LogP contribution in [0.15, 0.2) is 53.9 Å². The maximum absolute atomic E-state index is 12.5. The quantitative estimate of drug-likeness (QED) is 0.484. The van der Waals surface area contributed by atoms with Crippen molar-refractivity contribution in [3.8, 4) is 17.0 Å². The second kappa shape index (κ2) is 10.1. The molecule has 3 aromatic rings. The van der Waals surface area contributed by atoms with E-state index in [1.807, 2.05) is 29.6 Å². The van der Waals surface area contributed by atoms with Gasteiger partial charge in [-0.15, -0.1) is 11.3 Å². The van der Waals surface area contributed by atoms with E-state index in [0.29, 0.717) is 10.8 Å². The third-order valence-corrected chi connectivity index (χ3v) is 5.13. The Morgan fingerprint density at radius 3 is 2.52 bits per heavy atom. The highest BCUT2D eigenvalue weighted by Crippen LogP contribution is 2.26. The van der Waals surface area contributed by atoms with Crippen LogP contribution in [0, 0.1) is 0 Å². The molecule has 162 valence electrons. The fourth-order valence-corrected chi connectivity index (χ4v) is 3.42. The number of rotatable bonds is 8. The van der Waals surface area contributed by atoms with Crippen molar-refractivity contribution in [2.45, 2.75) is 33.0 Å². The van der Waals surface area contributed by atoms with Crippen LogP contribution in [0.3, 0.4) is 0 Å². The molecule has 9 heteroatoms. The number of carbonyl (C=O) groups excluding carboxylic acids is 2. The molecule has 6 nitrogen and oxygen atoms in total. The summed E-state index contributed by atoms with van der Waals surface area (Å²) < 4.78 is 34.5.